The number of likely N-dealkylation sites (tertiary alicyclic amines) is 1. The average Bonchev–Trinajstić information content (AvgIpc) is 3.57. The normalized spacial score (nSPS) is 22.8. The first-order valence-corrected chi connectivity index (χ1v) is 14.6. The second-order valence-electron chi connectivity index (χ2n) is 11.4. The number of nitrogens with zero attached hydrogens (tertiary/aromatic N) is 5. The number of carbonyl (C=O) groups excluding carboxylic acids is 2. The fraction of sp³-hybridized carbons (Fsp3) is 0.548. The predicted molar refractivity (Wildman–Crippen MR) is 151 cm³/mol. The molecule has 2 aromatic carbocycles. The molecule has 4 heterocycles. The van der Waals surface area contributed by atoms with Crippen LogP contribution in [0.3, 0.4) is 0 Å². The van der Waals surface area contributed by atoms with Crippen molar-refractivity contribution in [2.75, 3.05) is 55.6 Å². The van der Waals surface area contributed by atoms with Gasteiger partial charge in [0.05, 0.1) is 0 Å². The summed E-state index contributed by atoms with van der Waals surface area (Å²) in [5, 5.41) is 0. The van der Waals surface area contributed by atoms with Crippen LogP contribution in [0.5, 0.6) is 0 Å². The molecule has 0 atom stereocenters. The lowest BCUT2D eigenvalue weighted by Crippen LogP contribution is -2.56. The van der Waals surface area contributed by atoms with Crippen LogP contribution in [0.25, 0.3) is 0 Å². The number of imide groups is 1. The van der Waals surface area contributed by atoms with Crippen molar-refractivity contribution in [3.8, 4) is 0 Å². The summed E-state index contributed by atoms with van der Waals surface area (Å²) in [6.07, 6.45) is 5.68. The Morgan fingerprint density at radius 3 is 2.00 bits per heavy atom. The van der Waals surface area contributed by atoms with Gasteiger partial charge in [0, 0.05) is 69.8 Å². The molecule has 0 aromatic heterocycles. The Labute approximate surface area is 227 Å². The molecule has 0 aliphatic carbocycles. The minimum absolute atomic E-state index is 0.00413. The quantitative estimate of drug-likeness (QED) is 0.528. The Balaban J connectivity index is 1.08. The summed E-state index contributed by atoms with van der Waals surface area (Å²) in [5.74, 6) is 0.0529. The Hall–Kier alpha value is -3.06. The highest BCUT2D eigenvalue weighted by Gasteiger charge is 2.58. The molecule has 0 bridgehead atoms. The van der Waals surface area contributed by atoms with Crippen molar-refractivity contribution < 1.29 is 9.59 Å². The van der Waals surface area contributed by atoms with E-state index in [1.807, 2.05) is 17.9 Å². The number of amides is 3. The number of benzene rings is 2. The molecule has 6 rings (SSSR count). The number of hydrogen-bond acceptors (Lipinski definition) is 5. The summed E-state index contributed by atoms with van der Waals surface area (Å²) >= 11 is 0. The van der Waals surface area contributed by atoms with E-state index < -0.39 is 5.54 Å². The maximum Gasteiger partial charge on any atom is 0.327 e. The van der Waals surface area contributed by atoms with Gasteiger partial charge in [-0.15, -0.1) is 0 Å². The van der Waals surface area contributed by atoms with Gasteiger partial charge in [0.2, 0.25) is 0 Å². The van der Waals surface area contributed by atoms with Crippen LogP contribution >= 0.6 is 0 Å². The highest BCUT2D eigenvalue weighted by Crippen LogP contribution is 2.40. The number of hydrogen-bond donors (Lipinski definition) is 0. The molecular weight excluding hydrogens is 474 g/mol. The minimum Gasteiger partial charge on any atom is -0.372 e. The van der Waals surface area contributed by atoms with E-state index in [1.54, 1.807) is 4.90 Å². The van der Waals surface area contributed by atoms with Gasteiger partial charge in [-0.1, -0.05) is 30.3 Å². The molecule has 7 heteroatoms. The third kappa shape index (κ3) is 4.55. The third-order valence-electron chi connectivity index (χ3n) is 9.33. The van der Waals surface area contributed by atoms with Crippen LogP contribution in [-0.2, 0) is 11.3 Å². The van der Waals surface area contributed by atoms with E-state index in [4.69, 9.17) is 0 Å². The van der Waals surface area contributed by atoms with Crippen LogP contribution < -0.4 is 9.80 Å². The van der Waals surface area contributed by atoms with E-state index in [0.29, 0.717) is 6.54 Å². The molecule has 0 unspecified atom stereocenters. The van der Waals surface area contributed by atoms with E-state index in [1.165, 1.54) is 29.8 Å². The molecule has 2 aromatic rings. The first-order valence-electron chi connectivity index (χ1n) is 14.6. The lowest BCUT2D eigenvalue weighted by molar-refractivity contribution is -0.137. The zero-order chi connectivity index (χ0) is 26.1. The fourth-order valence-corrected chi connectivity index (χ4v) is 7.13. The first kappa shape index (κ1) is 25.2. The van der Waals surface area contributed by atoms with Gasteiger partial charge < -0.3 is 14.7 Å². The van der Waals surface area contributed by atoms with Gasteiger partial charge in [-0.05, 0) is 75.3 Å². The lowest BCUT2D eigenvalue weighted by atomic mass is 9.85. The number of piperidine rings is 2. The molecule has 4 saturated heterocycles. The van der Waals surface area contributed by atoms with Gasteiger partial charge in [-0.2, -0.15) is 0 Å². The number of rotatable bonds is 6. The summed E-state index contributed by atoms with van der Waals surface area (Å²) in [5.41, 5.74) is 3.19. The highest BCUT2D eigenvalue weighted by molar-refractivity contribution is 6.07. The lowest BCUT2D eigenvalue weighted by Gasteiger charge is -2.42. The van der Waals surface area contributed by atoms with E-state index in [0.717, 1.165) is 71.5 Å². The minimum atomic E-state index is -0.668. The number of likely N-dealkylation sites (N-methyl/N-ethyl adjacent to an activating group) is 1. The Morgan fingerprint density at radius 1 is 0.763 bits per heavy atom. The van der Waals surface area contributed by atoms with Gasteiger partial charge in [-0.3, -0.25) is 14.6 Å². The largest absolute Gasteiger partial charge is 0.372 e. The Morgan fingerprint density at radius 2 is 1.37 bits per heavy atom. The van der Waals surface area contributed by atoms with Crippen molar-refractivity contribution in [2.24, 2.45) is 0 Å². The Kier molecular flexibility index (Phi) is 7.04. The summed E-state index contributed by atoms with van der Waals surface area (Å²) in [7, 11) is 0. The van der Waals surface area contributed by atoms with Crippen molar-refractivity contribution >= 4 is 23.3 Å². The summed E-state index contributed by atoms with van der Waals surface area (Å²) in [6.45, 7) is 9.24. The molecule has 4 aliphatic rings. The van der Waals surface area contributed by atoms with Crippen molar-refractivity contribution in [1.82, 2.24) is 14.7 Å². The van der Waals surface area contributed by atoms with E-state index >= 15 is 0 Å². The summed E-state index contributed by atoms with van der Waals surface area (Å²) in [4.78, 5) is 38.4. The van der Waals surface area contributed by atoms with Crippen LogP contribution in [-0.4, -0.2) is 84.0 Å². The third-order valence-corrected chi connectivity index (χ3v) is 9.33. The van der Waals surface area contributed by atoms with E-state index in [-0.39, 0.29) is 18.0 Å². The second-order valence-corrected chi connectivity index (χ2v) is 11.4. The van der Waals surface area contributed by atoms with Crippen molar-refractivity contribution in [3.63, 3.8) is 0 Å². The fourth-order valence-electron chi connectivity index (χ4n) is 7.13. The van der Waals surface area contributed by atoms with Crippen LogP contribution in [0.1, 0.15) is 51.0 Å². The molecule has 0 saturated carbocycles. The number of anilines is 2. The van der Waals surface area contributed by atoms with Gasteiger partial charge in [0.25, 0.3) is 5.91 Å². The average molecular weight is 516 g/mol. The summed E-state index contributed by atoms with van der Waals surface area (Å²) in [6, 6.07) is 19.4. The highest BCUT2D eigenvalue weighted by atomic mass is 16.2. The van der Waals surface area contributed by atoms with Gasteiger partial charge in [0.1, 0.15) is 5.54 Å². The van der Waals surface area contributed by atoms with Crippen LogP contribution in [0, 0.1) is 0 Å². The summed E-state index contributed by atoms with van der Waals surface area (Å²) < 4.78 is 0. The number of urea groups is 1. The molecule has 4 aliphatic heterocycles. The maximum atomic E-state index is 14.0. The maximum absolute atomic E-state index is 14.0. The molecule has 0 radical (unpaired) electrons. The van der Waals surface area contributed by atoms with Crippen molar-refractivity contribution in [3.05, 3.63) is 60.2 Å². The Bertz CT molecular complexity index is 1110. The van der Waals surface area contributed by atoms with Gasteiger partial charge in [0.15, 0.2) is 0 Å². The predicted octanol–water partition coefficient (Wildman–Crippen LogP) is 4.57. The second kappa shape index (κ2) is 10.6. The zero-order valence-corrected chi connectivity index (χ0v) is 22.7. The molecule has 0 N–H and O–H groups in total. The van der Waals surface area contributed by atoms with Gasteiger partial charge in [-0.25, -0.2) is 4.79 Å². The molecule has 202 valence electrons. The molecular formula is C31H41N5O2. The number of carbonyl (C=O) groups is 2. The van der Waals surface area contributed by atoms with Crippen LogP contribution in [0.15, 0.2) is 54.6 Å². The van der Waals surface area contributed by atoms with Crippen molar-refractivity contribution in [2.45, 2.75) is 63.6 Å². The number of para-hydroxylation sites is 1. The van der Waals surface area contributed by atoms with Crippen LogP contribution in [0.4, 0.5) is 16.2 Å². The zero-order valence-electron chi connectivity index (χ0n) is 22.7. The molecule has 7 nitrogen and oxygen atoms in total. The van der Waals surface area contributed by atoms with E-state index in [9.17, 15) is 9.59 Å². The van der Waals surface area contributed by atoms with Crippen molar-refractivity contribution in [1.29, 1.82) is 0 Å². The monoisotopic (exact) mass is 515 g/mol. The van der Waals surface area contributed by atoms with Crippen LogP contribution in [0.2, 0.25) is 0 Å². The topological polar surface area (TPSA) is 50.3 Å². The molecule has 1 spiro atoms. The van der Waals surface area contributed by atoms with Gasteiger partial charge >= 0.3 is 6.03 Å². The molecule has 3 amide bonds. The molecule has 38 heavy (non-hydrogen) atoms. The smallest absolute Gasteiger partial charge is 0.327 e. The first-order chi connectivity index (χ1) is 18.6. The SMILES string of the molecule is CCN1C(=O)N(C2CCN(c3ccccc3)CC2)C(=O)C12CCN(Cc1ccc(N3CCCC3)cc1)CC2. The molecule has 4 fully saturated rings. The standard InChI is InChI=1S/C31H41N5O2/c1-2-35-30(38)36(28-14-20-34(21-15-28)26-8-4-3-5-9-26)29(37)31(35)16-22-32(23-17-31)24-25-10-12-27(13-11-25)33-18-6-7-19-33/h3-5,8-13,28H,2,6-7,14-24H2,1H3. The van der Waals surface area contributed by atoms with E-state index in [2.05, 4.69) is 63.2 Å².